The topological polar surface area (TPSA) is 46.6 Å². The van der Waals surface area contributed by atoms with Crippen molar-refractivity contribution in [2.24, 2.45) is 5.92 Å². The molecule has 1 heterocycles. The van der Waals surface area contributed by atoms with E-state index in [0.717, 1.165) is 0 Å². The van der Waals surface area contributed by atoms with Crippen molar-refractivity contribution in [3.05, 3.63) is 29.0 Å². The minimum absolute atomic E-state index is 0.0510. The van der Waals surface area contributed by atoms with Crippen molar-refractivity contribution in [3.8, 4) is 0 Å². The van der Waals surface area contributed by atoms with Gasteiger partial charge in [-0.2, -0.15) is 0 Å². The average molecular weight is 286 g/mol. The molecule has 0 N–H and O–H groups in total. The van der Waals surface area contributed by atoms with Gasteiger partial charge in [0.05, 0.1) is 17.5 Å². The summed E-state index contributed by atoms with van der Waals surface area (Å²) in [7, 11) is 0. The van der Waals surface area contributed by atoms with Crippen LogP contribution in [-0.2, 0) is 14.3 Å². The van der Waals surface area contributed by atoms with E-state index in [1.54, 1.807) is 6.92 Å². The lowest BCUT2D eigenvalue weighted by Crippen LogP contribution is -2.26. The number of ether oxygens (including phenoxy) is 1. The highest BCUT2D eigenvalue weighted by atomic mass is 35.5. The van der Waals surface area contributed by atoms with E-state index in [4.69, 9.17) is 16.3 Å². The maximum Gasteiger partial charge on any atom is 0.311 e. The summed E-state index contributed by atoms with van der Waals surface area (Å²) in [6.45, 7) is 2.23. The van der Waals surface area contributed by atoms with E-state index in [2.05, 4.69) is 0 Å². The van der Waals surface area contributed by atoms with Gasteiger partial charge in [-0.3, -0.25) is 9.59 Å². The zero-order chi connectivity index (χ0) is 14.0. The van der Waals surface area contributed by atoms with Crippen molar-refractivity contribution < 1.29 is 18.7 Å². The quantitative estimate of drug-likeness (QED) is 0.801. The molecule has 0 saturated carbocycles. The summed E-state index contributed by atoms with van der Waals surface area (Å²) < 4.78 is 18.0. The Morgan fingerprint density at radius 2 is 2.32 bits per heavy atom. The Morgan fingerprint density at radius 1 is 1.58 bits per heavy atom. The Balaban J connectivity index is 2.15. The van der Waals surface area contributed by atoms with Gasteiger partial charge in [-0.05, 0) is 25.1 Å². The zero-order valence-electron chi connectivity index (χ0n) is 10.4. The molecule has 19 heavy (non-hydrogen) atoms. The number of halogens is 2. The molecule has 0 spiro atoms. The first-order valence-corrected chi connectivity index (χ1v) is 6.32. The van der Waals surface area contributed by atoms with Gasteiger partial charge in [0.25, 0.3) is 0 Å². The molecule has 1 aliphatic heterocycles. The Hall–Kier alpha value is -1.62. The second-order valence-corrected chi connectivity index (χ2v) is 4.66. The molecule has 6 heteroatoms. The van der Waals surface area contributed by atoms with Crippen LogP contribution in [0.25, 0.3) is 0 Å². The lowest BCUT2D eigenvalue weighted by molar-refractivity contribution is -0.147. The van der Waals surface area contributed by atoms with Crippen molar-refractivity contribution in [2.75, 3.05) is 18.1 Å². The van der Waals surface area contributed by atoms with Crippen LogP contribution in [-0.4, -0.2) is 25.0 Å². The maximum absolute atomic E-state index is 13.1. The van der Waals surface area contributed by atoms with E-state index in [9.17, 15) is 14.0 Å². The van der Waals surface area contributed by atoms with E-state index < -0.39 is 11.7 Å². The molecule has 0 bridgehead atoms. The number of hydrogen-bond acceptors (Lipinski definition) is 3. The fraction of sp³-hybridized carbons (Fsp3) is 0.385. The van der Waals surface area contributed by atoms with Gasteiger partial charge in [0.2, 0.25) is 5.91 Å². The van der Waals surface area contributed by atoms with Crippen molar-refractivity contribution in [2.45, 2.75) is 13.3 Å². The van der Waals surface area contributed by atoms with Gasteiger partial charge < -0.3 is 9.64 Å². The van der Waals surface area contributed by atoms with Gasteiger partial charge in [0.15, 0.2) is 0 Å². The standard InChI is InChI=1S/C13H13ClFNO3/c1-2-19-13(18)8-5-12(17)16(7-8)9-3-4-11(15)10(14)6-9/h3-4,6,8H,2,5,7H2,1H3/t8-/m0/s1. The maximum atomic E-state index is 13.1. The second kappa shape index (κ2) is 5.57. The van der Waals surface area contributed by atoms with Gasteiger partial charge in [-0.25, -0.2) is 4.39 Å². The largest absolute Gasteiger partial charge is 0.466 e. The molecule has 102 valence electrons. The number of rotatable bonds is 3. The summed E-state index contributed by atoms with van der Waals surface area (Å²) in [5, 5.41) is -0.0510. The summed E-state index contributed by atoms with van der Waals surface area (Å²) in [5.74, 6) is -1.59. The van der Waals surface area contributed by atoms with Crippen LogP contribution in [0.5, 0.6) is 0 Å². The van der Waals surface area contributed by atoms with Gasteiger partial charge in [-0.1, -0.05) is 11.6 Å². The fourth-order valence-corrected chi connectivity index (χ4v) is 2.20. The van der Waals surface area contributed by atoms with Gasteiger partial charge in [0.1, 0.15) is 5.82 Å². The smallest absolute Gasteiger partial charge is 0.311 e. The summed E-state index contributed by atoms with van der Waals surface area (Å²) in [4.78, 5) is 24.9. The van der Waals surface area contributed by atoms with Crippen LogP contribution < -0.4 is 4.90 Å². The number of benzene rings is 1. The van der Waals surface area contributed by atoms with Crippen molar-refractivity contribution in [3.63, 3.8) is 0 Å². The lowest BCUT2D eigenvalue weighted by atomic mass is 10.1. The summed E-state index contributed by atoms with van der Waals surface area (Å²) in [6, 6.07) is 4.04. The summed E-state index contributed by atoms with van der Waals surface area (Å²) in [6.07, 6.45) is 0.105. The van der Waals surface area contributed by atoms with Crippen LogP contribution in [0.4, 0.5) is 10.1 Å². The number of amides is 1. The SMILES string of the molecule is CCOC(=O)[C@H]1CC(=O)N(c2ccc(F)c(Cl)c2)C1. The van der Waals surface area contributed by atoms with E-state index >= 15 is 0 Å². The number of hydrogen-bond donors (Lipinski definition) is 0. The Labute approximate surface area is 115 Å². The molecular weight excluding hydrogens is 273 g/mol. The molecular formula is C13H13ClFNO3. The van der Waals surface area contributed by atoms with Crippen molar-refractivity contribution >= 4 is 29.2 Å². The monoisotopic (exact) mass is 285 g/mol. The Kier molecular flexibility index (Phi) is 4.04. The minimum Gasteiger partial charge on any atom is -0.466 e. The average Bonchev–Trinajstić information content (AvgIpc) is 2.75. The van der Waals surface area contributed by atoms with Gasteiger partial charge >= 0.3 is 5.97 Å². The van der Waals surface area contributed by atoms with Crippen LogP contribution in [0.1, 0.15) is 13.3 Å². The third-order valence-corrected chi connectivity index (χ3v) is 3.25. The summed E-state index contributed by atoms with van der Waals surface area (Å²) >= 11 is 5.68. The van der Waals surface area contributed by atoms with Crippen LogP contribution in [0.2, 0.25) is 5.02 Å². The molecule has 0 aromatic heterocycles. The number of esters is 1. The van der Waals surface area contributed by atoms with E-state index in [1.165, 1.54) is 23.1 Å². The number of carbonyl (C=O) groups is 2. The third-order valence-electron chi connectivity index (χ3n) is 2.96. The minimum atomic E-state index is -0.543. The van der Waals surface area contributed by atoms with Crippen molar-refractivity contribution in [1.29, 1.82) is 0 Å². The molecule has 1 aromatic rings. The molecule has 1 aliphatic rings. The number of carbonyl (C=O) groups excluding carboxylic acids is 2. The van der Waals surface area contributed by atoms with E-state index in [-0.39, 0.29) is 36.5 Å². The molecule has 0 unspecified atom stereocenters. The fourth-order valence-electron chi connectivity index (χ4n) is 2.03. The van der Waals surface area contributed by atoms with Crippen molar-refractivity contribution in [1.82, 2.24) is 0 Å². The lowest BCUT2D eigenvalue weighted by Gasteiger charge is -2.16. The molecule has 1 saturated heterocycles. The molecule has 1 atom stereocenters. The molecule has 0 aliphatic carbocycles. The van der Waals surface area contributed by atoms with Crippen LogP contribution in [0, 0.1) is 11.7 Å². The molecule has 1 amide bonds. The van der Waals surface area contributed by atoms with Crippen LogP contribution in [0.15, 0.2) is 18.2 Å². The first-order valence-electron chi connectivity index (χ1n) is 5.95. The second-order valence-electron chi connectivity index (χ2n) is 4.26. The highest BCUT2D eigenvalue weighted by Crippen LogP contribution is 2.28. The van der Waals surface area contributed by atoms with Gasteiger partial charge in [0, 0.05) is 18.7 Å². The molecule has 0 radical (unpaired) electrons. The van der Waals surface area contributed by atoms with Crippen LogP contribution in [0.3, 0.4) is 0 Å². The van der Waals surface area contributed by atoms with Crippen LogP contribution >= 0.6 is 11.6 Å². The number of nitrogens with zero attached hydrogens (tertiary/aromatic N) is 1. The summed E-state index contributed by atoms with van der Waals surface area (Å²) in [5.41, 5.74) is 0.489. The Morgan fingerprint density at radius 3 is 2.95 bits per heavy atom. The first-order chi connectivity index (χ1) is 9.02. The molecule has 1 aromatic carbocycles. The highest BCUT2D eigenvalue weighted by Gasteiger charge is 2.36. The molecule has 2 rings (SSSR count). The first kappa shape index (κ1) is 13.8. The van der Waals surface area contributed by atoms with Gasteiger partial charge in [-0.15, -0.1) is 0 Å². The predicted octanol–water partition coefficient (Wildman–Crippen LogP) is 2.40. The highest BCUT2D eigenvalue weighted by molar-refractivity contribution is 6.31. The molecule has 4 nitrogen and oxygen atoms in total. The normalized spacial score (nSPS) is 18.8. The van der Waals surface area contributed by atoms with E-state index in [0.29, 0.717) is 5.69 Å². The number of anilines is 1. The Bertz CT molecular complexity index is 521. The third kappa shape index (κ3) is 2.87. The zero-order valence-corrected chi connectivity index (χ0v) is 11.1. The molecule has 1 fully saturated rings. The predicted molar refractivity (Wildman–Crippen MR) is 68.5 cm³/mol. The van der Waals surface area contributed by atoms with E-state index in [1.807, 2.05) is 0 Å².